The summed E-state index contributed by atoms with van der Waals surface area (Å²) in [5, 5.41) is 10.4. The minimum absolute atomic E-state index is 0.265. The van der Waals surface area contributed by atoms with Crippen molar-refractivity contribution < 1.29 is 5.11 Å². The normalized spacial score (nSPS) is 19.8. The number of rotatable bonds is 3. The molecule has 1 N–H and O–H groups in total. The summed E-state index contributed by atoms with van der Waals surface area (Å²) >= 11 is 5.18. The number of halogens is 1. The number of thiophene rings is 1. The van der Waals surface area contributed by atoms with Crippen LogP contribution in [0.3, 0.4) is 0 Å². The Hall–Kier alpha value is -0.640. The highest BCUT2D eigenvalue weighted by atomic mass is 79.9. The van der Waals surface area contributed by atoms with Gasteiger partial charge in [0, 0.05) is 17.2 Å². The van der Waals surface area contributed by atoms with Crippen molar-refractivity contribution in [3.63, 3.8) is 0 Å². The molecule has 0 saturated carbocycles. The van der Waals surface area contributed by atoms with E-state index >= 15 is 0 Å². The average molecular weight is 323 g/mol. The van der Waals surface area contributed by atoms with Crippen LogP contribution >= 0.6 is 27.3 Å². The number of benzene rings is 1. The van der Waals surface area contributed by atoms with E-state index in [2.05, 4.69) is 52.3 Å². The van der Waals surface area contributed by atoms with Crippen LogP contribution in [0.5, 0.6) is 0 Å². The first-order valence-corrected chi connectivity index (χ1v) is 7.85. The predicted octanol–water partition coefficient (Wildman–Crippen LogP) is 4.14. The highest BCUT2D eigenvalue weighted by Crippen LogP contribution is 2.37. The molecule has 1 aliphatic rings. The fourth-order valence-corrected chi connectivity index (χ4v) is 4.33. The first-order chi connectivity index (χ1) is 8.74. The van der Waals surface area contributed by atoms with Gasteiger partial charge >= 0.3 is 0 Å². The Bertz CT molecular complexity index is 549. The van der Waals surface area contributed by atoms with E-state index < -0.39 is 0 Å². The van der Waals surface area contributed by atoms with Crippen molar-refractivity contribution in [1.29, 1.82) is 0 Å². The molecule has 0 saturated heterocycles. The molecular weight excluding hydrogens is 308 g/mol. The zero-order chi connectivity index (χ0) is 12.5. The van der Waals surface area contributed by atoms with Crippen molar-refractivity contribution >= 4 is 27.3 Å². The zero-order valence-corrected chi connectivity index (χ0v) is 12.4. The van der Waals surface area contributed by atoms with Gasteiger partial charge in [0.15, 0.2) is 0 Å². The molecule has 3 heteroatoms. The maximum atomic E-state index is 10.4. The summed E-state index contributed by atoms with van der Waals surface area (Å²) in [4.78, 5) is 1.25. The van der Waals surface area contributed by atoms with Gasteiger partial charge in [0.25, 0.3) is 0 Å². The third-order valence-corrected chi connectivity index (χ3v) is 5.33. The van der Waals surface area contributed by atoms with Gasteiger partial charge in [-0.25, -0.2) is 0 Å². The Labute approximate surface area is 120 Å². The van der Waals surface area contributed by atoms with E-state index in [9.17, 15) is 5.11 Å². The van der Waals surface area contributed by atoms with Crippen molar-refractivity contribution in [2.24, 2.45) is 0 Å². The van der Waals surface area contributed by atoms with Crippen molar-refractivity contribution in [3.05, 3.63) is 56.2 Å². The number of hydrogen-bond acceptors (Lipinski definition) is 2. The lowest BCUT2D eigenvalue weighted by Crippen LogP contribution is -2.18. The number of aliphatic hydroxyl groups is 1. The Balaban J connectivity index is 1.76. The van der Waals surface area contributed by atoms with Gasteiger partial charge in [-0.2, -0.15) is 0 Å². The average Bonchev–Trinajstić information content (AvgIpc) is 2.95. The second-order valence-electron chi connectivity index (χ2n) is 4.82. The number of aliphatic hydroxyl groups excluding tert-OH is 1. The van der Waals surface area contributed by atoms with E-state index in [1.54, 1.807) is 11.3 Å². The molecule has 2 atom stereocenters. The number of hydrogen-bond donors (Lipinski definition) is 1. The highest BCUT2D eigenvalue weighted by Gasteiger charge is 2.28. The van der Waals surface area contributed by atoms with Gasteiger partial charge in [0.05, 0.1) is 9.89 Å². The van der Waals surface area contributed by atoms with Gasteiger partial charge in [-0.05, 0) is 52.0 Å². The molecular formula is C15H15BrOS. The molecule has 0 spiro atoms. The molecule has 1 aromatic carbocycles. The molecule has 1 aromatic heterocycles. The maximum Gasteiger partial charge on any atom is 0.0701 e. The topological polar surface area (TPSA) is 20.2 Å². The maximum absolute atomic E-state index is 10.4. The van der Waals surface area contributed by atoms with Gasteiger partial charge < -0.3 is 5.11 Å². The van der Waals surface area contributed by atoms with E-state index in [1.807, 2.05) is 0 Å². The molecule has 0 fully saturated rings. The molecule has 2 aromatic rings. The van der Waals surface area contributed by atoms with Gasteiger partial charge in [-0.1, -0.05) is 24.3 Å². The molecule has 2 unspecified atom stereocenters. The SMILES string of the molecule is OC(Cc1ccc(Br)s1)C1CCc2ccccc21. The summed E-state index contributed by atoms with van der Waals surface area (Å²) in [7, 11) is 0. The summed E-state index contributed by atoms with van der Waals surface area (Å²) in [6, 6.07) is 12.7. The molecule has 1 heterocycles. The van der Waals surface area contributed by atoms with Crippen molar-refractivity contribution in [1.82, 2.24) is 0 Å². The molecule has 0 bridgehead atoms. The number of aryl methyl sites for hydroxylation is 1. The van der Waals surface area contributed by atoms with E-state index in [0.717, 1.165) is 23.0 Å². The smallest absolute Gasteiger partial charge is 0.0701 e. The van der Waals surface area contributed by atoms with Gasteiger partial charge in [-0.3, -0.25) is 0 Å². The van der Waals surface area contributed by atoms with E-state index in [1.165, 1.54) is 16.0 Å². The van der Waals surface area contributed by atoms with Gasteiger partial charge in [-0.15, -0.1) is 11.3 Å². The Morgan fingerprint density at radius 2 is 2.11 bits per heavy atom. The molecule has 0 aliphatic heterocycles. The van der Waals surface area contributed by atoms with E-state index in [-0.39, 0.29) is 6.10 Å². The van der Waals surface area contributed by atoms with Crippen LogP contribution in [0.1, 0.15) is 28.3 Å². The minimum atomic E-state index is -0.265. The monoisotopic (exact) mass is 322 g/mol. The first kappa shape index (κ1) is 12.4. The van der Waals surface area contributed by atoms with Crippen molar-refractivity contribution in [2.45, 2.75) is 31.3 Å². The van der Waals surface area contributed by atoms with Gasteiger partial charge in [0.1, 0.15) is 0 Å². The Morgan fingerprint density at radius 3 is 2.89 bits per heavy atom. The fraction of sp³-hybridized carbons (Fsp3) is 0.333. The van der Waals surface area contributed by atoms with E-state index in [0.29, 0.717) is 5.92 Å². The minimum Gasteiger partial charge on any atom is -0.392 e. The van der Waals surface area contributed by atoms with Crippen LogP contribution in [0, 0.1) is 0 Å². The number of fused-ring (bicyclic) bond motifs is 1. The summed E-state index contributed by atoms with van der Waals surface area (Å²) in [6.07, 6.45) is 2.67. The van der Waals surface area contributed by atoms with E-state index in [4.69, 9.17) is 0 Å². The van der Waals surface area contributed by atoms with Gasteiger partial charge in [0.2, 0.25) is 0 Å². The molecule has 1 nitrogen and oxygen atoms in total. The predicted molar refractivity (Wildman–Crippen MR) is 79.2 cm³/mol. The summed E-state index contributed by atoms with van der Waals surface area (Å²) in [5.74, 6) is 0.307. The molecule has 94 valence electrons. The first-order valence-electron chi connectivity index (χ1n) is 6.24. The van der Waals surface area contributed by atoms with Crippen LogP contribution in [-0.4, -0.2) is 11.2 Å². The second kappa shape index (κ2) is 5.16. The lowest BCUT2D eigenvalue weighted by Gasteiger charge is -2.18. The van der Waals surface area contributed by atoms with Crippen molar-refractivity contribution in [2.75, 3.05) is 0 Å². The Morgan fingerprint density at radius 1 is 1.28 bits per heavy atom. The Kier molecular flexibility index (Phi) is 3.55. The summed E-state index contributed by atoms with van der Waals surface area (Å²) < 4.78 is 1.14. The van der Waals surface area contributed by atoms with Crippen LogP contribution in [0.2, 0.25) is 0 Å². The third-order valence-electron chi connectivity index (χ3n) is 3.68. The third kappa shape index (κ3) is 2.40. The lowest BCUT2D eigenvalue weighted by molar-refractivity contribution is 0.144. The van der Waals surface area contributed by atoms with Crippen LogP contribution in [0.15, 0.2) is 40.2 Å². The van der Waals surface area contributed by atoms with Crippen LogP contribution < -0.4 is 0 Å². The second-order valence-corrected chi connectivity index (χ2v) is 7.37. The largest absolute Gasteiger partial charge is 0.392 e. The van der Waals surface area contributed by atoms with Crippen molar-refractivity contribution in [3.8, 4) is 0 Å². The molecule has 0 amide bonds. The zero-order valence-electron chi connectivity index (χ0n) is 9.97. The van der Waals surface area contributed by atoms with Crippen LogP contribution in [-0.2, 0) is 12.8 Å². The molecule has 18 heavy (non-hydrogen) atoms. The van der Waals surface area contributed by atoms with Crippen LogP contribution in [0.4, 0.5) is 0 Å². The quantitative estimate of drug-likeness (QED) is 0.900. The highest BCUT2D eigenvalue weighted by molar-refractivity contribution is 9.11. The standard InChI is InChI=1S/C15H15BrOS/c16-15-8-6-11(18-15)9-14(17)13-7-5-10-3-1-2-4-12(10)13/h1-4,6,8,13-14,17H,5,7,9H2. The summed E-state index contributed by atoms with van der Waals surface area (Å²) in [6.45, 7) is 0. The molecule has 3 rings (SSSR count). The van der Waals surface area contributed by atoms with Crippen LogP contribution in [0.25, 0.3) is 0 Å². The lowest BCUT2D eigenvalue weighted by atomic mass is 9.93. The summed E-state index contributed by atoms with van der Waals surface area (Å²) in [5.41, 5.74) is 2.76. The fourth-order valence-electron chi connectivity index (χ4n) is 2.80. The molecule has 0 radical (unpaired) electrons. The molecule has 1 aliphatic carbocycles.